The van der Waals surface area contributed by atoms with E-state index in [2.05, 4.69) is 15.9 Å². The lowest BCUT2D eigenvalue weighted by Gasteiger charge is -2.34. The van der Waals surface area contributed by atoms with Crippen LogP contribution >= 0.6 is 0 Å². The van der Waals surface area contributed by atoms with E-state index in [4.69, 9.17) is 33.7 Å². The molecule has 2 heterocycles. The third-order valence-corrected chi connectivity index (χ3v) is 4.50. The van der Waals surface area contributed by atoms with Gasteiger partial charge in [0.05, 0.1) is 27.0 Å². The summed E-state index contributed by atoms with van der Waals surface area (Å²) < 4.78 is 16.2. The van der Waals surface area contributed by atoms with Crippen LogP contribution in [0.25, 0.3) is 0 Å². The van der Waals surface area contributed by atoms with Gasteiger partial charge in [-0.2, -0.15) is 0 Å². The Hall–Kier alpha value is -3.04. The van der Waals surface area contributed by atoms with E-state index in [1.165, 1.54) is 5.56 Å². The zero-order valence-electron chi connectivity index (χ0n) is 16.5. The average molecular weight is 406 g/mol. The Labute approximate surface area is 169 Å². The number of nitrogens with zero attached hydrogens (tertiary/aromatic N) is 2. The molecule has 158 valence electrons. The van der Waals surface area contributed by atoms with Gasteiger partial charge in [0.2, 0.25) is 0 Å². The normalized spacial score (nSPS) is 14.6. The molecule has 3 rings (SSSR count). The molecule has 0 unspecified atom stereocenters. The van der Waals surface area contributed by atoms with E-state index >= 15 is 0 Å². The third kappa shape index (κ3) is 7.13. The zero-order valence-corrected chi connectivity index (χ0v) is 16.5. The summed E-state index contributed by atoms with van der Waals surface area (Å²) in [5.74, 6) is -0.892. The SMILES string of the molecule is COc1ccc(CN2CCN(Cc3ccco3)CC2)c(OC)c1.O=C(O)C(=O)O. The molecule has 9 heteroatoms. The molecule has 2 aromatic rings. The fourth-order valence-electron chi connectivity index (χ4n) is 2.95. The van der Waals surface area contributed by atoms with E-state index in [0.29, 0.717) is 0 Å². The van der Waals surface area contributed by atoms with Crippen molar-refractivity contribution in [1.82, 2.24) is 9.80 Å². The Bertz CT molecular complexity index is 772. The maximum absolute atomic E-state index is 9.10. The maximum atomic E-state index is 9.10. The van der Waals surface area contributed by atoms with Gasteiger partial charge in [-0.3, -0.25) is 9.80 Å². The van der Waals surface area contributed by atoms with E-state index in [1.54, 1.807) is 20.5 Å². The van der Waals surface area contributed by atoms with Gasteiger partial charge in [-0.25, -0.2) is 9.59 Å². The maximum Gasteiger partial charge on any atom is 0.414 e. The summed E-state index contributed by atoms with van der Waals surface area (Å²) in [6, 6.07) is 10.0. The Balaban J connectivity index is 0.000000438. The molecular weight excluding hydrogens is 380 g/mol. The lowest BCUT2D eigenvalue weighted by atomic mass is 10.1. The minimum absolute atomic E-state index is 0.828. The smallest absolute Gasteiger partial charge is 0.414 e. The number of piperazine rings is 1. The highest BCUT2D eigenvalue weighted by Gasteiger charge is 2.19. The minimum atomic E-state index is -1.82. The lowest BCUT2D eigenvalue weighted by molar-refractivity contribution is -0.159. The number of aliphatic carboxylic acids is 2. The number of carbonyl (C=O) groups is 2. The van der Waals surface area contributed by atoms with Crippen LogP contribution in [0.4, 0.5) is 0 Å². The van der Waals surface area contributed by atoms with Crippen LogP contribution in [0.5, 0.6) is 11.5 Å². The van der Waals surface area contributed by atoms with Crippen LogP contribution < -0.4 is 9.47 Å². The molecule has 0 amide bonds. The van der Waals surface area contributed by atoms with Crippen molar-refractivity contribution in [3.8, 4) is 11.5 Å². The van der Waals surface area contributed by atoms with Gasteiger partial charge in [-0.05, 0) is 18.2 Å². The summed E-state index contributed by atoms with van der Waals surface area (Å²) in [6.45, 7) is 6.01. The Morgan fingerprint density at radius 1 is 0.966 bits per heavy atom. The first-order valence-corrected chi connectivity index (χ1v) is 9.07. The van der Waals surface area contributed by atoms with Crippen molar-refractivity contribution in [2.75, 3.05) is 40.4 Å². The highest BCUT2D eigenvalue weighted by Crippen LogP contribution is 2.26. The van der Waals surface area contributed by atoms with Crippen molar-refractivity contribution in [2.24, 2.45) is 0 Å². The number of furan rings is 1. The predicted molar refractivity (Wildman–Crippen MR) is 104 cm³/mol. The van der Waals surface area contributed by atoms with E-state index in [1.807, 2.05) is 24.3 Å². The molecule has 0 bridgehead atoms. The molecular formula is C20H26N2O7. The highest BCUT2D eigenvalue weighted by molar-refractivity contribution is 6.27. The molecule has 0 spiro atoms. The van der Waals surface area contributed by atoms with Gasteiger partial charge in [0, 0.05) is 44.4 Å². The number of hydrogen-bond acceptors (Lipinski definition) is 7. The molecule has 1 fully saturated rings. The first-order chi connectivity index (χ1) is 13.9. The van der Waals surface area contributed by atoms with Crippen molar-refractivity contribution in [2.45, 2.75) is 13.1 Å². The molecule has 0 atom stereocenters. The van der Waals surface area contributed by atoms with Gasteiger partial charge in [-0.15, -0.1) is 0 Å². The summed E-state index contributed by atoms with van der Waals surface area (Å²) >= 11 is 0. The second kappa shape index (κ2) is 11.1. The highest BCUT2D eigenvalue weighted by atomic mass is 16.5. The third-order valence-electron chi connectivity index (χ3n) is 4.50. The molecule has 1 saturated heterocycles. The van der Waals surface area contributed by atoms with Crippen molar-refractivity contribution in [3.63, 3.8) is 0 Å². The molecule has 1 aliphatic rings. The molecule has 1 aromatic carbocycles. The number of rotatable bonds is 6. The van der Waals surface area contributed by atoms with E-state index in [0.717, 1.165) is 56.5 Å². The van der Waals surface area contributed by atoms with Crippen LogP contribution in [0, 0.1) is 0 Å². The summed E-state index contributed by atoms with van der Waals surface area (Å²) in [7, 11) is 3.38. The van der Waals surface area contributed by atoms with Crippen molar-refractivity contribution in [1.29, 1.82) is 0 Å². The summed E-state index contributed by atoms with van der Waals surface area (Å²) in [5.41, 5.74) is 1.20. The molecule has 0 radical (unpaired) electrons. The van der Waals surface area contributed by atoms with Gasteiger partial charge < -0.3 is 24.1 Å². The zero-order chi connectivity index (χ0) is 21.2. The van der Waals surface area contributed by atoms with Crippen molar-refractivity contribution in [3.05, 3.63) is 47.9 Å². The van der Waals surface area contributed by atoms with Crippen LogP contribution in [0.15, 0.2) is 41.0 Å². The molecule has 1 aliphatic heterocycles. The van der Waals surface area contributed by atoms with Gasteiger partial charge in [0.1, 0.15) is 17.3 Å². The van der Waals surface area contributed by atoms with Crippen molar-refractivity contribution >= 4 is 11.9 Å². The number of carboxylic acids is 2. The standard InChI is InChI=1S/C18H24N2O3.C2H2O4/c1-21-16-6-5-15(18(12-16)22-2)13-19-7-9-20(10-8-19)14-17-4-3-11-23-17;3-1(4)2(5)6/h3-6,11-12H,7-10,13-14H2,1-2H3;(H,3,4)(H,5,6). The van der Waals surface area contributed by atoms with E-state index < -0.39 is 11.9 Å². The number of hydrogen-bond donors (Lipinski definition) is 2. The monoisotopic (exact) mass is 406 g/mol. The Morgan fingerprint density at radius 2 is 1.59 bits per heavy atom. The van der Waals surface area contributed by atoms with Crippen LogP contribution in [-0.4, -0.2) is 72.4 Å². The average Bonchev–Trinajstić information content (AvgIpc) is 3.23. The summed E-state index contributed by atoms with van der Waals surface area (Å²) in [6.07, 6.45) is 1.74. The van der Waals surface area contributed by atoms with Crippen molar-refractivity contribution < 1.29 is 33.7 Å². The first kappa shape index (κ1) is 22.3. The number of methoxy groups -OCH3 is 2. The molecule has 1 aromatic heterocycles. The van der Waals surface area contributed by atoms with E-state index in [9.17, 15) is 0 Å². The Kier molecular flexibility index (Phi) is 8.50. The molecule has 9 nitrogen and oxygen atoms in total. The number of carboxylic acid groups (broad SMARTS) is 2. The van der Waals surface area contributed by atoms with Crippen LogP contribution in [0.2, 0.25) is 0 Å². The molecule has 2 N–H and O–H groups in total. The fourth-order valence-corrected chi connectivity index (χ4v) is 2.95. The first-order valence-electron chi connectivity index (χ1n) is 9.07. The number of ether oxygens (including phenoxy) is 2. The summed E-state index contributed by atoms with van der Waals surface area (Å²) in [5, 5.41) is 14.8. The quantitative estimate of drug-likeness (QED) is 0.693. The fraction of sp³-hybridized carbons (Fsp3) is 0.400. The van der Waals surface area contributed by atoms with E-state index in [-0.39, 0.29) is 0 Å². The van der Waals surface area contributed by atoms with Crippen LogP contribution in [0.1, 0.15) is 11.3 Å². The summed E-state index contributed by atoms with van der Waals surface area (Å²) in [4.78, 5) is 23.1. The lowest BCUT2D eigenvalue weighted by Crippen LogP contribution is -2.45. The predicted octanol–water partition coefficient (Wildman–Crippen LogP) is 1.77. The second-order valence-electron chi connectivity index (χ2n) is 6.42. The molecule has 29 heavy (non-hydrogen) atoms. The number of benzene rings is 1. The van der Waals surface area contributed by atoms with Gasteiger partial charge in [0.25, 0.3) is 0 Å². The minimum Gasteiger partial charge on any atom is -0.497 e. The van der Waals surface area contributed by atoms with Crippen LogP contribution in [-0.2, 0) is 22.7 Å². The Morgan fingerprint density at radius 3 is 2.07 bits per heavy atom. The van der Waals surface area contributed by atoms with Gasteiger partial charge in [-0.1, -0.05) is 6.07 Å². The van der Waals surface area contributed by atoms with Crippen LogP contribution in [0.3, 0.4) is 0 Å². The van der Waals surface area contributed by atoms with Gasteiger partial charge >= 0.3 is 11.9 Å². The second-order valence-corrected chi connectivity index (χ2v) is 6.42. The topological polar surface area (TPSA) is 113 Å². The largest absolute Gasteiger partial charge is 0.497 e. The molecule has 0 aliphatic carbocycles. The molecule has 0 saturated carbocycles. The van der Waals surface area contributed by atoms with Gasteiger partial charge in [0.15, 0.2) is 0 Å².